The maximum Gasteiger partial charge on any atom is 0.387 e. The monoisotopic (exact) mass is 477 g/mol. The van der Waals surface area contributed by atoms with Crippen molar-refractivity contribution in [1.82, 2.24) is 24.5 Å². The number of fused-ring (bicyclic) bond motifs is 1. The zero-order chi connectivity index (χ0) is 23.6. The number of benzene rings is 2. The summed E-state index contributed by atoms with van der Waals surface area (Å²) in [6, 6.07) is 11.7. The molecule has 174 valence electrons. The number of halogens is 2. The molecule has 2 aromatic heterocycles. The Morgan fingerprint density at radius 1 is 1.12 bits per heavy atom. The lowest BCUT2D eigenvalue weighted by Gasteiger charge is -2.16. The van der Waals surface area contributed by atoms with Gasteiger partial charge < -0.3 is 14.5 Å². The number of alkyl halides is 2. The van der Waals surface area contributed by atoms with Gasteiger partial charge in [0.15, 0.2) is 5.82 Å². The lowest BCUT2D eigenvalue weighted by Crippen LogP contribution is -2.29. The van der Waals surface area contributed by atoms with Crippen LogP contribution >= 0.6 is 0 Å². The van der Waals surface area contributed by atoms with E-state index in [-0.39, 0.29) is 16.7 Å². The van der Waals surface area contributed by atoms with Gasteiger partial charge in [0, 0.05) is 30.4 Å². The maximum absolute atomic E-state index is 12.8. The third-order valence-corrected chi connectivity index (χ3v) is 6.40. The van der Waals surface area contributed by atoms with Crippen molar-refractivity contribution in [3.05, 3.63) is 60.6 Å². The number of rotatable bonds is 9. The highest BCUT2D eigenvalue weighted by Gasteiger charge is 2.24. The number of H-pyrrole nitrogens is 1. The molecule has 0 radical (unpaired) electrons. The minimum Gasteiger partial charge on any atom is -0.435 e. The van der Waals surface area contributed by atoms with Crippen LogP contribution in [0, 0.1) is 0 Å². The molecule has 1 atom stereocenters. The molecule has 0 fully saturated rings. The normalized spacial score (nSPS) is 12.9. The van der Waals surface area contributed by atoms with Crippen LogP contribution in [0.15, 0.2) is 59.6 Å². The molecule has 0 amide bonds. The van der Waals surface area contributed by atoms with Crippen molar-refractivity contribution in [2.24, 2.45) is 0 Å². The van der Waals surface area contributed by atoms with E-state index in [0.29, 0.717) is 18.1 Å². The first kappa shape index (κ1) is 22.7. The zero-order valence-corrected chi connectivity index (χ0v) is 18.5. The second-order valence-corrected chi connectivity index (χ2v) is 8.82. The fourth-order valence-electron chi connectivity index (χ4n) is 3.36. The molecular formula is C21H21F2N5O4S. The molecule has 0 saturated heterocycles. The highest BCUT2D eigenvalue weighted by atomic mass is 32.2. The van der Waals surface area contributed by atoms with Gasteiger partial charge in [0.05, 0.1) is 10.9 Å². The molecule has 2 N–H and O–H groups in total. The molecule has 2 aromatic carbocycles. The molecule has 0 aliphatic carbocycles. The van der Waals surface area contributed by atoms with Gasteiger partial charge in [0.25, 0.3) is 0 Å². The second-order valence-electron chi connectivity index (χ2n) is 7.11. The first-order valence-corrected chi connectivity index (χ1v) is 11.5. The Balaban J connectivity index is 1.54. The summed E-state index contributed by atoms with van der Waals surface area (Å²) in [6.45, 7) is 0.808. The fourth-order valence-corrected chi connectivity index (χ4v) is 4.60. The van der Waals surface area contributed by atoms with Crippen LogP contribution in [0.2, 0.25) is 0 Å². The average Bonchev–Trinajstić information content (AvgIpc) is 3.39. The number of sulfonamides is 1. The third-order valence-electron chi connectivity index (χ3n) is 4.86. The largest absolute Gasteiger partial charge is 0.435 e. The molecule has 0 spiro atoms. The van der Waals surface area contributed by atoms with Crippen LogP contribution < -0.4 is 14.2 Å². The van der Waals surface area contributed by atoms with Crippen molar-refractivity contribution in [3.8, 4) is 17.5 Å². The predicted molar refractivity (Wildman–Crippen MR) is 116 cm³/mol. The standard InChI is InChI=1S/C21H21F2N5O4S/c1-3-28-19(25-26-21(28)32-16-8-7-14-9-10-24-18(14)12-16)13(2)27-33(29,30)17-6-4-5-15(11-17)31-20(22)23/h4-13,20,24,27H,3H2,1-2H3/t13-/m1/s1. The maximum atomic E-state index is 12.8. The summed E-state index contributed by atoms with van der Waals surface area (Å²) in [7, 11) is -4.06. The molecule has 0 bridgehead atoms. The number of nitrogens with zero attached hydrogens (tertiary/aromatic N) is 3. The van der Waals surface area contributed by atoms with Gasteiger partial charge in [-0.2, -0.15) is 8.78 Å². The Morgan fingerprint density at radius 2 is 1.94 bits per heavy atom. The molecular weight excluding hydrogens is 456 g/mol. The summed E-state index contributed by atoms with van der Waals surface area (Å²) < 4.78 is 64.8. The highest BCUT2D eigenvalue weighted by Crippen LogP contribution is 2.27. The van der Waals surface area contributed by atoms with Gasteiger partial charge in [-0.15, -0.1) is 5.10 Å². The van der Waals surface area contributed by atoms with Gasteiger partial charge in [-0.1, -0.05) is 11.2 Å². The number of ether oxygens (including phenoxy) is 2. The van der Waals surface area contributed by atoms with Crippen LogP contribution in [0.4, 0.5) is 8.78 Å². The molecule has 0 aliphatic heterocycles. The molecule has 9 nitrogen and oxygen atoms in total. The van der Waals surface area contributed by atoms with E-state index in [1.54, 1.807) is 17.6 Å². The quantitative estimate of drug-likeness (QED) is 0.374. The Labute approximate surface area is 188 Å². The predicted octanol–water partition coefficient (Wildman–Crippen LogP) is 4.21. The van der Waals surface area contributed by atoms with E-state index in [2.05, 4.69) is 24.6 Å². The van der Waals surface area contributed by atoms with Crippen LogP contribution in [0.3, 0.4) is 0 Å². The van der Waals surface area contributed by atoms with Gasteiger partial charge in [0.2, 0.25) is 10.0 Å². The first-order valence-electron chi connectivity index (χ1n) is 10.0. The number of hydrogen-bond donors (Lipinski definition) is 2. The summed E-state index contributed by atoms with van der Waals surface area (Å²) in [5, 5.41) is 9.20. The smallest absolute Gasteiger partial charge is 0.387 e. The molecule has 2 heterocycles. The molecule has 0 aliphatic rings. The van der Waals surface area contributed by atoms with Crippen molar-refractivity contribution < 1.29 is 26.7 Å². The minimum atomic E-state index is -4.06. The zero-order valence-electron chi connectivity index (χ0n) is 17.7. The van der Waals surface area contributed by atoms with Crippen LogP contribution in [0.1, 0.15) is 25.7 Å². The first-order chi connectivity index (χ1) is 15.8. The fraction of sp³-hybridized carbons (Fsp3) is 0.238. The number of aromatic nitrogens is 4. The Bertz CT molecular complexity index is 1370. The SMILES string of the molecule is CCn1c(Oc2ccc3cc[nH]c3c2)nnc1[C@@H](C)NS(=O)(=O)c1cccc(OC(F)F)c1. The molecule has 4 aromatic rings. The lowest BCUT2D eigenvalue weighted by molar-refractivity contribution is -0.0500. The van der Waals surface area contributed by atoms with Crippen molar-refractivity contribution >= 4 is 20.9 Å². The van der Waals surface area contributed by atoms with E-state index in [1.807, 2.05) is 31.3 Å². The van der Waals surface area contributed by atoms with Crippen molar-refractivity contribution in [3.63, 3.8) is 0 Å². The van der Waals surface area contributed by atoms with Gasteiger partial charge in [-0.3, -0.25) is 4.57 Å². The van der Waals surface area contributed by atoms with Crippen LogP contribution in [0.25, 0.3) is 10.9 Å². The topological polar surface area (TPSA) is 111 Å². The molecule has 0 saturated carbocycles. The Morgan fingerprint density at radius 3 is 2.70 bits per heavy atom. The number of aromatic amines is 1. The number of nitrogens with one attached hydrogen (secondary N) is 2. The van der Waals surface area contributed by atoms with Gasteiger partial charge >= 0.3 is 12.6 Å². The summed E-state index contributed by atoms with van der Waals surface area (Å²) in [5.74, 6) is 0.617. The van der Waals surface area contributed by atoms with E-state index >= 15 is 0 Å². The second kappa shape index (κ2) is 9.16. The van der Waals surface area contributed by atoms with Gasteiger partial charge in [0.1, 0.15) is 11.5 Å². The minimum absolute atomic E-state index is 0.205. The third kappa shape index (κ3) is 4.96. The lowest BCUT2D eigenvalue weighted by atomic mass is 10.2. The molecule has 4 rings (SSSR count). The summed E-state index contributed by atoms with van der Waals surface area (Å²) in [5.41, 5.74) is 0.898. The summed E-state index contributed by atoms with van der Waals surface area (Å²) in [6.07, 6.45) is 1.82. The Kier molecular flexibility index (Phi) is 6.29. The molecule has 12 heteroatoms. The number of hydrogen-bond acceptors (Lipinski definition) is 6. The van der Waals surface area contributed by atoms with Gasteiger partial charge in [-0.05, 0) is 49.6 Å². The van der Waals surface area contributed by atoms with Crippen molar-refractivity contribution in [2.75, 3.05) is 0 Å². The summed E-state index contributed by atoms with van der Waals surface area (Å²) >= 11 is 0. The van der Waals surface area contributed by atoms with E-state index in [1.165, 1.54) is 18.2 Å². The van der Waals surface area contributed by atoms with E-state index in [0.717, 1.165) is 17.0 Å². The molecule has 0 unspecified atom stereocenters. The van der Waals surface area contributed by atoms with Crippen molar-refractivity contribution in [1.29, 1.82) is 0 Å². The average molecular weight is 477 g/mol. The van der Waals surface area contributed by atoms with Crippen LogP contribution in [-0.2, 0) is 16.6 Å². The van der Waals surface area contributed by atoms with E-state index < -0.39 is 22.7 Å². The Hall–Kier alpha value is -3.51. The van der Waals surface area contributed by atoms with E-state index in [9.17, 15) is 17.2 Å². The molecule has 33 heavy (non-hydrogen) atoms. The summed E-state index contributed by atoms with van der Waals surface area (Å²) in [4.78, 5) is 2.89. The van der Waals surface area contributed by atoms with E-state index in [4.69, 9.17) is 4.74 Å². The van der Waals surface area contributed by atoms with Crippen LogP contribution in [0.5, 0.6) is 17.5 Å². The van der Waals surface area contributed by atoms with Crippen LogP contribution in [-0.4, -0.2) is 34.8 Å². The highest BCUT2D eigenvalue weighted by molar-refractivity contribution is 7.89. The van der Waals surface area contributed by atoms with Crippen molar-refractivity contribution in [2.45, 2.75) is 37.9 Å². The van der Waals surface area contributed by atoms with Gasteiger partial charge in [-0.25, -0.2) is 13.1 Å².